The normalized spacial score (nSPS) is 17.9. The third-order valence-electron chi connectivity index (χ3n) is 5.03. The summed E-state index contributed by atoms with van der Waals surface area (Å²) in [7, 11) is 1.52. The van der Waals surface area contributed by atoms with Gasteiger partial charge in [0, 0.05) is 21.8 Å². The van der Waals surface area contributed by atoms with Crippen LogP contribution in [0.5, 0.6) is 5.75 Å². The number of aliphatic hydroxyl groups excluding tert-OH is 1. The second-order valence-electron chi connectivity index (χ2n) is 6.75. The van der Waals surface area contributed by atoms with Gasteiger partial charge in [-0.1, -0.05) is 60.1 Å². The van der Waals surface area contributed by atoms with E-state index in [0.29, 0.717) is 27.6 Å². The Bertz CT molecular complexity index is 1140. The Labute approximate surface area is 178 Å². The summed E-state index contributed by atoms with van der Waals surface area (Å²) in [6, 6.07) is 21.6. The van der Waals surface area contributed by atoms with Crippen LogP contribution in [-0.4, -0.2) is 23.9 Å². The molecule has 1 unspecified atom stereocenters. The topological polar surface area (TPSA) is 66.8 Å². The van der Waals surface area contributed by atoms with Gasteiger partial charge in [0.25, 0.3) is 11.7 Å². The van der Waals surface area contributed by atoms with E-state index in [4.69, 9.17) is 16.3 Å². The largest absolute Gasteiger partial charge is 0.507 e. The molecule has 3 aromatic rings. The zero-order valence-corrected chi connectivity index (χ0v) is 16.8. The van der Waals surface area contributed by atoms with E-state index in [1.165, 1.54) is 12.0 Å². The summed E-state index contributed by atoms with van der Waals surface area (Å²) in [5.74, 6) is -1.23. The summed E-state index contributed by atoms with van der Waals surface area (Å²) in [4.78, 5) is 27.5. The highest BCUT2D eigenvalue weighted by molar-refractivity contribution is 6.51. The van der Waals surface area contributed by atoms with Crippen LogP contribution < -0.4 is 9.64 Å². The monoisotopic (exact) mass is 419 g/mol. The number of benzene rings is 3. The average Bonchev–Trinajstić information content (AvgIpc) is 3.05. The highest BCUT2D eigenvalue weighted by Crippen LogP contribution is 2.44. The number of carbonyl (C=O) groups is 2. The third kappa shape index (κ3) is 3.33. The molecule has 1 saturated heterocycles. The number of ketones is 1. The molecule has 150 valence electrons. The number of ether oxygens (including phenoxy) is 1. The number of amides is 1. The molecule has 1 fully saturated rings. The van der Waals surface area contributed by atoms with Gasteiger partial charge in [0.05, 0.1) is 18.7 Å². The molecule has 3 aromatic carbocycles. The SMILES string of the molecule is COc1ccccc1C1C(=C(O)c2ccccc2)C(=O)C(=O)N1c1ccc(Cl)cc1. The zero-order chi connectivity index (χ0) is 21.3. The fourth-order valence-corrected chi connectivity index (χ4v) is 3.76. The molecule has 1 aliphatic heterocycles. The van der Waals surface area contributed by atoms with E-state index >= 15 is 0 Å². The lowest BCUT2D eigenvalue weighted by atomic mass is 9.94. The van der Waals surface area contributed by atoms with Crippen molar-refractivity contribution in [1.82, 2.24) is 0 Å². The summed E-state index contributed by atoms with van der Waals surface area (Å²) >= 11 is 6.00. The Morgan fingerprint density at radius 1 is 0.933 bits per heavy atom. The lowest BCUT2D eigenvalue weighted by Crippen LogP contribution is -2.29. The van der Waals surface area contributed by atoms with Gasteiger partial charge in [-0.2, -0.15) is 0 Å². The second kappa shape index (κ2) is 8.05. The molecular formula is C24H18ClNO4. The molecule has 1 aliphatic rings. The first kappa shape index (κ1) is 19.7. The fourth-order valence-electron chi connectivity index (χ4n) is 3.64. The van der Waals surface area contributed by atoms with E-state index in [0.717, 1.165) is 0 Å². The number of Topliss-reactive ketones (excluding diaryl/α,β-unsaturated/α-hetero) is 1. The summed E-state index contributed by atoms with van der Waals surface area (Å²) in [5.41, 5.74) is 1.54. The molecule has 0 bridgehead atoms. The van der Waals surface area contributed by atoms with Gasteiger partial charge in [-0.3, -0.25) is 14.5 Å². The molecule has 30 heavy (non-hydrogen) atoms. The predicted octanol–water partition coefficient (Wildman–Crippen LogP) is 4.97. The summed E-state index contributed by atoms with van der Waals surface area (Å²) in [6.45, 7) is 0. The van der Waals surface area contributed by atoms with Gasteiger partial charge in [0.1, 0.15) is 11.5 Å². The quantitative estimate of drug-likeness (QED) is 0.368. The van der Waals surface area contributed by atoms with Crippen LogP contribution in [0.15, 0.2) is 84.4 Å². The van der Waals surface area contributed by atoms with Crippen LogP contribution in [0.1, 0.15) is 17.2 Å². The highest BCUT2D eigenvalue weighted by Gasteiger charge is 2.47. The number of aliphatic hydroxyl groups is 1. The van der Waals surface area contributed by atoms with Gasteiger partial charge in [0.15, 0.2) is 0 Å². The number of hydrogen-bond donors (Lipinski definition) is 1. The van der Waals surface area contributed by atoms with Gasteiger partial charge in [-0.05, 0) is 30.3 Å². The maximum atomic E-state index is 13.1. The van der Waals surface area contributed by atoms with Gasteiger partial charge in [-0.15, -0.1) is 0 Å². The van der Waals surface area contributed by atoms with Crippen molar-refractivity contribution < 1.29 is 19.4 Å². The molecule has 0 aliphatic carbocycles. The standard InChI is InChI=1S/C24H18ClNO4/c1-30-19-10-6-5-9-18(19)21-20(22(27)15-7-3-2-4-8-15)23(28)24(29)26(21)17-13-11-16(25)12-14-17/h2-14,21,27H,1H3. The Morgan fingerprint density at radius 3 is 2.23 bits per heavy atom. The predicted molar refractivity (Wildman–Crippen MR) is 116 cm³/mol. The lowest BCUT2D eigenvalue weighted by Gasteiger charge is -2.26. The molecule has 4 rings (SSSR count). The van der Waals surface area contributed by atoms with Crippen molar-refractivity contribution in [2.45, 2.75) is 6.04 Å². The molecule has 0 spiro atoms. The van der Waals surface area contributed by atoms with E-state index in [1.807, 2.05) is 0 Å². The summed E-state index contributed by atoms with van der Waals surface area (Å²) in [5, 5.41) is 11.5. The maximum absolute atomic E-state index is 13.1. The number of nitrogens with zero attached hydrogens (tertiary/aromatic N) is 1. The van der Waals surface area contributed by atoms with Crippen LogP contribution in [0.4, 0.5) is 5.69 Å². The van der Waals surface area contributed by atoms with Crippen LogP contribution in [0, 0.1) is 0 Å². The fraction of sp³-hybridized carbons (Fsp3) is 0.0833. The van der Waals surface area contributed by atoms with Crippen molar-refractivity contribution in [3.8, 4) is 5.75 Å². The molecule has 1 heterocycles. The second-order valence-corrected chi connectivity index (χ2v) is 7.19. The van der Waals surface area contributed by atoms with E-state index in [-0.39, 0.29) is 11.3 Å². The van der Waals surface area contributed by atoms with Crippen molar-refractivity contribution in [2.75, 3.05) is 12.0 Å². The van der Waals surface area contributed by atoms with E-state index in [2.05, 4.69) is 0 Å². The molecular weight excluding hydrogens is 402 g/mol. The van der Waals surface area contributed by atoms with Crippen molar-refractivity contribution >= 4 is 34.7 Å². The van der Waals surface area contributed by atoms with Crippen LogP contribution in [0.3, 0.4) is 0 Å². The van der Waals surface area contributed by atoms with Crippen LogP contribution in [0.25, 0.3) is 5.76 Å². The Morgan fingerprint density at radius 2 is 1.57 bits per heavy atom. The molecule has 0 saturated carbocycles. The first-order valence-electron chi connectivity index (χ1n) is 9.28. The van der Waals surface area contributed by atoms with Crippen molar-refractivity contribution in [3.63, 3.8) is 0 Å². The van der Waals surface area contributed by atoms with Gasteiger partial charge >= 0.3 is 0 Å². The number of methoxy groups -OCH3 is 1. The van der Waals surface area contributed by atoms with Crippen molar-refractivity contribution in [3.05, 3.63) is 101 Å². The molecule has 6 heteroatoms. The smallest absolute Gasteiger partial charge is 0.300 e. The van der Waals surface area contributed by atoms with Gasteiger partial charge in [-0.25, -0.2) is 0 Å². The van der Waals surface area contributed by atoms with Crippen LogP contribution in [-0.2, 0) is 9.59 Å². The molecule has 1 N–H and O–H groups in total. The Balaban J connectivity index is 1.98. The summed E-state index contributed by atoms with van der Waals surface area (Å²) in [6.07, 6.45) is 0. The lowest BCUT2D eigenvalue weighted by molar-refractivity contribution is -0.132. The van der Waals surface area contributed by atoms with Gasteiger partial charge < -0.3 is 9.84 Å². The van der Waals surface area contributed by atoms with Gasteiger partial charge in [0.2, 0.25) is 0 Å². The molecule has 1 amide bonds. The van der Waals surface area contributed by atoms with Crippen LogP contribution in [0.2, 0.25) is 5.02 Å². The van der Waals surface area contributed by atoms with E-state index in [9.17, 15) is 14.7 Å². The molecule has 0 aromatic heterocycles. The average molecular weight is 420 g/mol. The maximum Gasteiger partial charge on any atom is 0.300 e. The summed E-state index contributed by atoms with van der Waals surface area (Å²) < 4.78 is 5.49. The number of rotatable bonds is 4. The third-order valence-corrected chi connectivity index (χ3v) is 5.28. The molecule has 1 atom stereocenters. The van der Waals surface area contributed by atoms with E-state index < -0.39 is 17.7 Å². The highest BCUT2D eigenvalue weighted by atomic mass is 35.5. The van der Waals surface area contributed by atoms with E-state index in [1.54, 1.807) is 78.9 Å². The van der Waals surface area contributed by atoms with Crippen LogP contribution >= 0.6 is 11.6 Å². The minimum atomic E-state index is -0.859. The number of anilines is 1. The first-order valence-corrected chi connectivity index (χ1v) is 9.65. The molecule has 0 radical (unpaired) electrons. The number of carbonyl (C=O) groups excluding carboxylic acids is 2. The molecule has 5 nitrogen and oxygen atoms in total. The first-order chi connectivity index (χ1) is 14.5. The Hall–Kier alpha value is -3.57. The van der Waals surface area contributed by atoms with Crippen molar-refractivity contribution in [1.29, 1.82) is 0 Å². The Kier molecular flexibility index (Phi) is 5.29. The van der Waals surface area contributed by atoms with Crippen molar-refractivity contribution in [2.24, 2.45) is 0 Å². The number of halogens is 1. The number of para-hydroxylation sites is 1. The minimum absolute atomic E-state index is 0.00523. The minimum Gasteiger partial charge on any atom is -0.507 e. The zero-order valence-electron chi connectivity index (χ0n) is 16.1. The number of hydrogen-bond acceptors (Lipinski definition) is 4.